The predicted molar refractivity (Wildman–Crippen MR) is 62.7 cm³/mol. The maximum atomic E-state index is 11.4. The third-order valence-electron chi connectivity index (χ3n) is 2.00. The number of hydrogen-bond acceptors (Lipinski definition) is 5. The van der Waals surface area contributed by atoms with Gasteiger partial charge in [0.1, 0.15) is 11.4 Å². The van der Waals surface area contributed by atoms with Gasteiger partial charge in [0.2, 0.25) is 5.91 Å². The van der Waals surface area contributed by atoms with Crippen molar-refractivity contribution in [1.82, 2.24) is 10.3 Å². The van der Waals surface area contributed by atoms with Crippen molar-refractivity contribution >= 4 is 17.7 Å². The van der Waals surface area contributed by atoms with Crippen LogP contribution in [-0.4, -0.2) is 37.1 Å². The van der Waals surface area contributed by atoms with Crippen LogP contribution in [0.3, 0.4) is 0 Å². The molecule has 0 aliphatic heterocycles. The summed E-state index contributed by atoms with van der Waals surface area (Å²) in [7, 11) is 1.29. The number of nitrogens with zero attached hydrogens (tertiary/aromatic N) is 1. The number of methoxy groups -OCH3 is 1. The van der Waals surface area contributed by atoms with Gasteiger partial charge in [0, 0.05) is 12.7 Å². The summed E-state index contributed by atoms with van der Waals surface area (Å²) in [5, 5.41) is 5.42. The van der Waals surface area contributed by atoms with Crippen LogP contribution in [0.15, 0.2) is 18.3 Å². The zero-order valence-electron chi connectivity index (χ0n) is 9.82. The molecule has 0 atom stereocenters. The number of carbonyl (C=O) groups is 2. The van der Waals surface area contributed by atoms with E-state index in [1.54, 1.807) is 12.1 Å². The second kappa shape index (κ2) is 6.47. The number of aromatic nitrogens is 1. The van der Waals surface area contributed by atoms with Crippen molar-refractivity contribution in [2.45, 2.75) is 6.92 Å². The van der Waals surface area contributed by atoms with Crippen LogP contribution in [0.25, 0.3) is 0 Å². The van der Waals surface area contributed by atoms with E-state index in [1.807, 2.05) is 6.92 Å². The SMILES string of the molecule is CCNC(=O)CNc1ncccc1C(=O)OC. The van der Waals surface area contributed by atoms with Crippen LogP contribution < -0.4 is 10.6 Å². The van der Waals surface area contributed by atoms with E-state index in [1.165, 1.54) is 13.3 Å². The highest BCUT2D eigenvalue weighted by atomic mass is 16.5. The first-order valence-corrected chi connectivity index (χ1v) is 5.23. The quantitative estimate of drug-likeness (QED) is 0.725. The van der Waals surface area contributed by atoms with Gasteiger partial charge in [-0.15, -0.1) is 0 Å². The molecule has 0 aliphatic rings. The number of pyridine rings is 1. The van der Waals surface area contributed by atoms with Crippen LogP contribution in [0, 0.1) is 0 Å². The Balaban J connectivity index is 2.70. The normalized spacial score (nSPS) is 9.53. The molecule has 2 N–H and O–H groups in total. The first-order chi connectivity index (χ1) is 8.19. The smallest absolute Gasteiger partial charge is 0.341 e. The molecule has 6 heteroatoms. The van der Waals surface area contributed by atoms with Crippen LogP contribution in [-0.2, 0) is 9.53 Å². The minimum atomic E-state index is -0.489. The Morgan fingerprint density at radius 3 is 2.88 bits per heavy atom. The van der Waals surface area contributed by atoms with Gasteiger partial charge in [-0.2, -0.15) is 0 Å². The lowest BCUT2D eigenvalue weighted by Crippen LogP contribution is -2.30. The third-order valence-corrected chi connectivity index (χ3v) is 2.00. The Kier molecular flexibility index (Phi) is 4.93. The van der Waals surface area contributed by atoms with E-state index in [9.17, 15) is 9.59 Å². The van der Waals surface area contributed by atoms with Crippen molar-refractivity contribution in [3.05, 3.63) is 23.9 Å². The Morgan fingerprint density at radius 1 is 1.47 bits per heavy atom. The van der Waals surface area contributed by atoms with E-state index in [4.69, 9.17) is 0 Å². The summed E-state index contributed by atoms with van der Waals surface area (Å²) >= 11 is 0. The van der Waals surface area contributed by atoms with Gasteiger partial charge in [-0.1, -0.05) is 0 Å². The average Bonchev–Trinajstić information content (AvgIpc) is 2.36. The van der Waals surface area contributed by atoms with Gasteiger partial charge in [-0.05, 0) is 19.1 Å². The Bertz CT molecular complexity index is 407. The van der Waals surface area contributed by atoms with Gasteiger partial charge in [0.25, 0.3) is 0 Å². The van der Waals surface area contributed by atoms with Crippen LogP contribution in [0.1, 0.15) is 17.3 Å². The fraction of sp³-hybridized carbons (Fsp3) is 0.364. The van der Waals surface area contributed by atoms with E-state index in [0.717, 1.165) is 0 Å². The van der Waals surface area contributed by atoms with E-state index >= 15 is 0 Å². The van der Waals surface area contributed by atoms with Crippen molar-refractivity contribution in [2.24, 2.45) is 0 Å². The number of amides is 1. The van der Waals surface area contributed by atoms with Gasteiger partial charge in [0.05, 0.1) is 13.7 Å². The van der Waals surface area contributed by atoms with Crippen molar-refractivity contribution in [2.75, 3.05) is 25.5 Å². The molecule has 0 aromatic carbocycles. The maximum absolute atomic E-state index is 11.4. The van der Waals surface area contributed by atoms with E-state index in [-0.39, 0.29) is 12.5 Å². The summed E-state index contributed by atoms with van der Waals surface area (Å²) in [4.78, 5) is 26.6. The third kappa shape index (κ3) is 3.75. The fourth-order valence-electron chi connectivity index (χ4n) is 1.24. The molecular formula is C11H15N3O3. The molecule has 0 spiro atoms. The summed E-state index contributed by atoms with van der Waals surface area (Å²) in [6.45, 7) is 2.46. The van der Waals surface area contributed by atoms with Gasteiger partial charge in [0.15, 0.2) is 0 Å². The largest absolute Gasteiger partial charge is 0.465 e. The molecule has 0 radical (unpaired) electrons. The molecule has 0 fully saturated rings. The van der Waals surface area contributed by atoms with Crippen molar-refractivity contribution < 1.29 is 14.3 Å². The Morgan fingerprint density at radius 2 is 2.24 bits per heavy atom. The summed E-state index contributed by atoms with van der Waals surface area (Å²) in [6.07, 6.45) is 1.53. The number of esters is 1. The molecule has 1 amide bonds. The van der Waals surface area contributed by atoms with Crippen molar-refractivity contribution in [1.29, 1.82) is 0 Å². The standard InChI is InChI=1S/C11H15N3O3/c1-3-12-9(15)7-14-10-8(11(16)17-2)5-4-6-13-10/h4-6H,3,7H2,1-2H3,(H,12,15)(H,13,14). The van der Waals surface area contributed by atoms with E-state index < -0.39 is 5.97 Å². The van der Waals surface area contributed by atoms with Crippen molar-refractivity contribution in [3.63, 3.8) is 0 Å². The number of rotatable bonds is 5. The predicted octanol–water partition coefficient (Wildman–Crippen LogP) is 0.416. The summed E-state index contributed by atoms with van der Waals surface area (Å²) in [6, 6.07) is 3.21. The molecule has 1 aromatic heterocycles. The second-order valence-corrected chi connectivity index (χ2v) is 3.20. The zero-order valence-corrected chi connectivity index (χ0v) is 9.82. The average molecular weight is 237 g/mol. The van der Waals surface area contributed by atoms with Gasteiger partial charge in [-0.25, -0.2) is 9.78 Å². The zero-order chi connectivity index (χ0) is 12.7. The molecule has 0 saturated carbocycles. The van der Waals surface area contributed by atoms with E-state index in [0.29, 0.717) is 17.9 Å². The summed E-state index contributed by atoms with van der Waals surface area (Å²) < 4.78 is 4.61. The second-order valence-electron chi connectivity index (χ2n) is 3.20. The highest BCUT2D eigenvalue weighted by Crippen LogP contribution is 2.11. The molecule has 92 valence electrons. The molecule has 0 saturated heterocycles. The Hall–Kier alpha value is -2.11. The van der Waals surface area contributed by atoms with Crippen LogP contribution >= 0.6 is 0 Å². The first-order valence-electron chi connectivity index (χ1n) is 5.23. The number of likely N-dealkylation sites (N-methyl/N-ethyl adjacent to an activating group) is 1. The lowest BCUT2D eigenvalue weighted by molar-refractivity contribution is -0.119. The minimum Gasteiger partial charge on any atom is -0.465 e. The molecule has 1 aromatic rings. The summed E-state index contributed by atoms with van der Waals surface area (Å²) in [5.41, 5.74) is 0.305. The van der Waals surface area contributed by atoms with Crippen LogP contribution in [0.2, 0.25) is 0 Å². The number of ether oxygens (including phenoxy) is 1. The topological polar surface area (TPSA) is 80.3 Å². The number of nitrogens with one attached hydrogen (secondary N) is 2. The number of hydrogen-bond donors (Lipinski definition) is 2. The van der Waals surface area contributed by atoms with E-state index in [2.05, 4.69) is 20.4 Å². The number of anilines is 1. The lowest BCUT2D eigenvalue weighted by Gasteiger charge is -2.08. The lowest BCUT2D eigenvalue weighted by atomic mass is 10.2. The fourth-order valence-corrected chi connectivity index (χ4v) is 1.24. The molecule has 0 unspecified atom stereocenters. The molecule has 1 rings (SSSR count). The van der Waals surface area contributed by atoms with Crippen molar-refractivity contribution in [3.8, 4) is 0 Å². The van der Waals surface area contributed by atoms with Crippen LogP contribution in [0.4, 0.5) is 5.82 Å². The molecule has 0 bridgehead atoms. The highest BCUT2D eigenvalue weighted by Gasteiger charge is 2.12. The van der Waals surface area contributed by atoms with Gasteiger partial charge in [-0.3, -0.25) is 4.79 Å². The summed E-state index contributed by atoms with van der Waals surface area (Å²) in [5.74, 6) is -0.309. The molecule has 1 heterocycles. The molecule has 6 nitrogen and oxygen atoms in total. The number of carbonyl (C=O) groups excluding carboxylic acids is 2. The first kappa shape index (κ1) is 13.0. The minimum absolute atomic E-state index is 0.0643. The Labute approximate surface area is 99.4 Å². The van der Waals surface area contributed by atoms with Crippen LogP contribution in [0.5, 0.6) is 0 Å². The van der Waals surface area contributed by atoms with Gasteiger partial charge >= 0.3 is 5.97 Å². The highest BCUT2D eigenvalue weighted by molar-refractivity contribution is 5.95. The monoisotopic (exact) mass is 237 g/mol. The molecule has 17 heavy (non-hydrogen) atoms. The maximum Gasteiger partial charge on any atom is 0.341 e. The van der Waals surface area contributed by atoms with Gasteiger partial charge < -0.3 is 15.4 Å². The molecule has 0 aliphatic carbocycles. The molecular weight excluding hydrogens is 222 g/mol.